The first-order chi connectivity index (χ1) is 15.2. The van der Waals surface area contributed by atoms with E-state index in [0.29, 0.717) is 5.92 Å². The fourth-order valence-corrected chi connectivity index (χ4v) is 5.83. The summed E-state index contributed by atoms with van der Waals surface area (Å²) in [4.78, 5) is 23.0. The molecule has 1 aliphatic carbocycles. The summed E-state index contributed by atoms with van der Waals surface area (Å²) in [6.07, 6.45) is 11.9. The minimum atomic E-state index is 0.158. The van der Waals surface area contributed by atoms with E-state index in [4.69, 9.17) is 4.98 Å². The summed E-state index contributed by atoms with van der Waals surface area (Å²) < 4.78 is 0. The molecule has 3 fully saturated rings. The van der Waals surface area contributed by atoms with Crippen molar-refractivity contribution in [1.29, 1.82) is 0 Å². The largest absolute Gasteiger partial charge is 0.325 e. The zero-order valence-corrected chi connectivity index (χ0v) is 18.9. The quantitative estimate of drug-likeness (QED) is 0.746. The molecule has 2 aromatic rings. The van der Waals surface area contributed by atoms with Crippen LogP contribution in [0.5, 0.6) is 0 Å². The number of hydrogen-bond acceptors (Lipinski definition) is 3. The number of urea groups is 1. The number of aryl methyl sites for hydroxylation is 1. The molecule has 1 aromatic heterocycles. The number of hydrogen-bond donors (Lipinski definition) is 1. The maximum absolute atomic E-state index is 14.1. The molecule has 0 radical (unpaired) electrons. The van der Waals surface area contributed by atoms with Crippen molar-refractivity contribution in [3.05, 3.63) is 36.0 Å². The van der Waals surface area contributed by atoms with Crippen molar-refractivity contribution in [2.24, 2.45) is 11.8 Å². The smallest absolute Gasteiger partial charge is 0.324 e. The minimum Gasteiger partial charge on any atom is -0.324 e. The van der Waals surface area contributed by atoms with E-state index in [9.17, 15) is 4.79 Å². The van der Waals surface area contributed by atoms with Crippen LogP contribution in [0.4, 0.5) is 10.6 Å². The first kappa shape index (κ1) is 20.7. The van der Waals surface area contributed by atoms with E-state index in [1.54, 1.807) is 0 Å². The maximum atomic E-state index is 14.1. The van der Waals surface area contributed by atoms with Gasteiger partial charge in [0.25, 0.3) is 0 Å². The van der Waals surface area contributed by atoms with E-state index in [-0.39, 0.29) is 12.1 Å². The van der Waals surface area contributed by atoms with Crippen molar-refractivity contribution in [3.8, 4) is 0 Å². The summed E-state index contributed by atoms with van der Waals surface area (Å²) in [5.74, 6) is 2.41. The average Bonchev–Trinajstić information content (AvgIpc) is 2.78. The van der Waals surface area contributed by atoms with Gasteiger partial charge in [0.15, 0.2) is 0 Å². The number of nitrogens with zero attached hydrogens (tertiary/aromatic N) is 3. The first-order valence-corrected chi connectivity index (χ1v) is 12.3. The van der Waals surface area contributed by atoms with Gasteiger partial charge in [-0.15, -0.1) is 0 Å². The third-order valence-corrected chi connectivity index (χ3v) is 7.73. The monoisotopic (exact) mass is 420 g/mol. The maximum Gasteiger partial charge on any atom is 0.325 e. The molecule has 3 heterocycles. The number of pyridine rings is 1. The highest BCUT2D eigenvalue weighted by Crippen LogP contribution is 2.36. The van der Waals surface area contributed by atoms with Gasteiger partial charge in [0.2, 0.25) is 0 Å². The van der Waals surface area contributed by atoms with Gasteiger partial charge < -0.3 is 10.2 Å². The van der Waals surface area contributed by atoms with Crippen LogP contribution in [0, 0.1) is 18.8 Å². The van der Waals surface area contributed by atoms with E-state index < -0.39 is 0 Å². The van der Waals surface area contributed by atoms with Crippen molar-refractivity contribution in [2.75, 3.05) is 31.1 Å². The second kappa shape index (κ2) is 9.15. The van der Waals surface area contributed by atoms with Gasteiger partial charge in [0, 0.05) is 31.2 Å². The van der Waals surface area contributed by atoms with Crippen molar-refractivity contribution in [3.63, 3.8) is 0 Å². The first-order valence-electron chi connectivity index (χ1n) is 12.3. The molecule has 1 aromatic carbocycles. The van der Waals surface area contributed by atoms with Gasteiger partial charge in [-0.05, 0) is 74.4 Å². The van der Waals surface area contributed by atoms with E-state index >= 15 is 0 Å². The lowest BCUT2D eigenvalue weighted by molar-refractivity contribution is 0.144. The lowest BCUT2D eigenvalue weighted by Crippen LogP contribution is -2.55. The molecule has 1 unspecified atom stereocenters. The van der Waals surface area contributed by atoms with E-state index in [1.807, 2.05) is 11.1 Å². The number of piperidine rings is 2. The van der Waals surface area contributed by atoms with Gasteiger partial charge in [0.05, 0.1) is 6.04 Å². The Balaban J connectivity index is 1.46. The molecule has 1 N–H and O–H groups in total. The number of nitrogens with one attached hydrogen (secondary N) is 1. The lowest BCUT2D eigenvalue weighted by atomic mass is 9.77. The Bertz CT molecular complexity index is 914. The van der Waals surface area contributed by atoms with Gasteiger partial charge in [-0.2, -0.15) is 0 Å². The van der Waals surface area contributed by atoms with E-state index in [0.717, 1.165) is 67.9 Å². The summed E-state index contributed by atoms with van der Waals surface area (Å²) in [7, 11) is 0. The zero-order chi connectivity index (χ0) is 21.2. The van der Waals surface area contributed by atoms with Crippen LogP contribution in [0.1, 0.15) is 56.9 Å². The Morgan fingerprint density at radius 2 is 2.00 bits per heavy atom. The molecule has 2 saturated heterocycles. The van der Waals surface area contributed by atoms with Crippen LogP contribution in [-0.4, -0.2) is 48.1 Å². The molecule has 2 aliphatic heterocycles. The molecule has 2 atom stereocenters. The van der Waals surface area contributed by atoms with Gasteiger partial charge in [-0.25, -0.2) is 9.78 Å². The molecular weight excluding hydrogens is 384 g/mol. The van der Waals surface area contributed by atoms with Gasteiger partial charge >= 0.3 is 6.03 Å². The number of likely N-dealkylation sites (tertiary alicyclic amines) is 1. The van der Waals surface area contributed by atoms with Crippen molar-refractivity contribution >= 4 is 22.6 Å². The SMILES string of the molecule is Cc1cccc2ccnc(N(C(=O)N3CCCC(CC4CCC4)C3)[C@@H]3CCCNC3)c12. The second-order valence-electron chi connectivity index (χ2n) is 9.95. The molecule has 5 heteroatoms. The number of carbonyl (C=O) groups is 1. The third-order valence-electron chi connectivity index (χ3n) is 7.73. The third kappa shape index (κ3) is 4.30. The molecule has 1 saturated carbocycles. The Hall–Kier alpha value is -2.14. The van der Waals surface area contributed by atoms with Crippen LogP contribution in [0.2, 0.25) is 0 Å². The fourth-order valence-electron chi connectivity index (χ4n) is 5.83. The van der Waals surface area contributed by atoms with Gasteiger partial charge in [-0.3, -0.25) is 4.90 Å². The molecule has 3 aliphatic rings. The topological polar surface area (TPSA) is 48.5 Å². The standard InChI is InChI=1S/C26H36N4O/c1-19-6-2-10-22-12-14-28-25(24(19)22)30(23-11-4-13-27-17-23)26(31)29-15-5-9-21(18-29)16-20-7-3-8-20/h2,6,10,12,14,20-21,23,27H,3-5,7-9,11,13,15-18H2,1H3/t21?,23-/m1/s1. The van der Waals surface area contributed by atoms with Crippen LogP contribution in [0.3, 0.4) is 0 Å². The Morgan fingerprint density at radius 3 is 2.77 bits per heavy atom. The molecule has 5 nitrogen and oxygen atoms in total. The van der Waals surface area contributed by atoms with E-state index in [1.165, 1.54) is 37.7 Å². The average molecular weight is 421 g/mol. The highest BCUT2D eigenvalue weighted by atomic mass is 16.2. The van der Waals surface area contributed by atoms with Crippen LogP contribution in [0.25, 0.3) is 10.8 Å². The Kier molecular flexibility index (Phi) is 6.13. The number of rotatable bonds is 4. The normalized spacial score (nSPS) is 24.7. The summed E-state index contributed by atoms with van der Waals surface area (Å²) in [6, 6.07) is 8.73. The minimum absolute atomic E-state index is 0.158. The Morgan fingerprint density at radius 1 is 1.13 bits per heavy atom. The van der Waals surface area contributed by atoms with Crippen LogP contribution in [0.15, 0.2) is 30.5 Å². The number of benzene rings is 1. The van der Waals surface area contributed by atoms with Crippen LogP contribution < -0.4 is 10.2 Å². The number of fused-ring (bicyclic) bond motifs is 1. The summed E-state index contributed by atoms with van der Waals surface area (Å²) in [5, 5.41) is 5.79. The summed E-state index contributed by atoms with van der Waals surface area (Å²) in [6.45, 7) is 5.80. The molecule has 2 amide bonds. The number of carbonyl (C=O) groups excluding carboxylic acids is 1. The molecule has 0 bridgehead atoms. The second-order valence-corrected chi connectivity index (χ2v) is 9.95. The molecule has 31 heavy (non-hydrogen) atoms. The van der Waals surface area contributed by atoms with E-state index in [2.05, 4.69) is 41.4 Å². The highest BCUT2D eigenvalue weighted by molar-refractivity contribution is 6.03. The summed E-state index contributed by atoms with van der Waals surface area (Å²) in [5.41, 5.74) is 1.18. The summed E-state index contributed by atoms with van der Waals surface area (Å²) >= 11 is 0. The van der Waals surface area contributed by atoms with Gasteiger partial charge in [0.1, 0.15) is 5.82 Å². The zero-order valence-electron chi connectivity index (χ0n) is 18.9. The van der Waals surface area contributed by atoms with Crippen molar-refractivity contribution in [2.45, 2.75) is 64.3 Å². The van der Waals surface area contributed by atoms with Crippen LogP contribution in [-0.2, 0) is 0 Å². The molecule has 0 spiro atoms. The van der Waals surface area contributed by atoms with Crippen molar-refractivity contribution in [1.82, 2.24) is 15.2 Å². The Labute approximate surface area is 186 Å². The number of amides is 2. The predicted octanol–water partition coefficient (Wildman–Crippen LogP) is 5.12. The van der Waals surface area contributed by atoms with Gasteiger partial charge in [-0.1, -0.05) is 37.5 Å². The predicted molar refractivity (Wildman–Crippen MR) is 127 cm³/mol. The molecular formula is C26H36N4O. The number of anilines is 1. The lowest BCUT2D eigenvalue weighted by Gasteiger charge is -2.41. The molecule has 166 valence electrons. The molecule has 5 rings (SSSR count). The van der Waals surface area contributed by atoms with Crippen LogP contribution >= 0.6 is 0 Å². The number of aromatic nitrogens is 1. The fraction of sp³-hybridized carbons (Fsp3) is 0.615. The van der Waals surface area contributed by atoms with Crippen molar-refractivity contribution < 1.29 is 4.79 Å². The highest BCUT2D eigenvalue weighted by Gasteiger charge is 2.35.